The molecule has 0 radical (unpaired) electrons. The number of nitrogens with one attached hydrogen (secondary N) is 1. The van der Waals surface area contributed by atoms with Crippen molar-refractivity contribution >= 4 is 24.2 Å². The van der Waals surface area contributed by atoms with E-state index in [1.807, 2.05) is 4.90 Å². The Balaban J connectivity index is 0.00000162. The molecule has 1 aliphatic carbocycles. The zero-order chi connectivity index (χ0) is 12.4. The molecule has 2 rings (SSSR count). The van der Waals surface area contributed by atoms with Crippen LogP contribution in [0, 0.1) is 11.8 Å². The summed E-state index contributed by atoms with van der Waals surface area (Å²) in [6.07, 6.45) is 3.44. The lowest BCUT2D eigenvalue weighted by molar-refractivity contribution is -0.131. The summed E-state index contributed by atoms with van der Waals surface area (Å²) in [6.45, 7) is 3.12. The number of amides is 2. The molecule has 0 aromatic rings. The van der Waals surface area contributed by atoms with E-state index >= 15 is 0 Å². The van der Waals surface area contributed by atoms with Crippen LogP contribution in [0.5, 0.6) is 0 Å². The molecule has 1 aliphatic heterocycles. The number of carbonyl (C=O) groups is 2. The van der Waals surface area contributed by atoms with E-state index in [1.165, 1.54) is 19.8 Å². The zero-order valence-electron chi connectivity index (χ0n) is 10.7. The van der Waals surface area contributed by atoms with Crippen LogP contribution in [0.2, 0.25) is 0 Å². The fraction of sp³-hybridized carbons (Fsp3) is 0.833. The number of fused-ring (bicyclic) bond motifs is 1. The number of hydrogen-bond acceptors (Lipinski definition) is 3. The monoisotopic (exact) mass is 275 g/mol. The second-order valence-electron chi connectivity index (χ2n) is 5.23. The van der Waals surface area contributed by atoms with Crippen molar-refractivity contribution in [1.82, 2.24) is 10.2 Å². The minimum absolute atomic E-state index is 0. The van der Waals surface area contributed by atoms with Crippen molar-refractivity contribution < 1.29 is 9.59 Å². The Morgan fingerprint density at radius 3 is 2.67 bits per heavy atom. The van der Waals surface area contributed by atoms with Crippen LogP contribution in [-0.2, 0) is 9.59 Å². The maximum absolute atomic E-state index is 11.9. The summed E-state index contributed by atoms with van der Waals surface area (Å²) in [6, 6.07) is 0.243. The van der Waals surface area contributed by atoms with Gasteiger partial charge in [0.25, 0.3) is 0 Å². The van der Waals surface area contributed by atoms with E-state index < -0.39 is 0 Å². The van der Waals surface area contributed by atoms with E-state index in [0.29, 0.717) is 11.8 Å². The van der Waals surface area contributed by atoms with Crippen LogP contribution in [0.4, 0.5) is 0 Å². The van der Waals surface area contributed by atoms with Crippen molar-refractivity contribution in [3.05, 3.63) is 0 Å². The standard InChI is InChI=1S/C12H21N3O2.ClH/c1-8(16)14-5-12(17)15-6-9-3-2-4-11(13)10(9)7-15;/h9-11H,2-7,13H2,1H3,(H,14,16);1H. The fourth-order valence-electron chi connectivity index (χ4n) is 3.03. The Bertz CT molecular complexity index is 324. The van der Waals surface area contributed by atoms with Crippen LogP contribution in [0.25, 0.3) is 0 Å². The van der Waals surface area contributed by atoms with Crippen LogP contribution in [0.15, 0.2) is 0 Å². The van der Waals surface area contributed by atoms with Gasteiger partial charge in [-0.25, -0.2) is 0 Å². The molecule has 0 bridgehead atoms. The molecule has 6 heteroatoms. The van der Waals surface area contributed by atoms with Crippen molar-refractivity contribution in [2.24, 2.45) is 17.6 Å². The van der Waals surface area contributed by atoms with E-state index in [9.17, 15) is 9.59 Å². The third-order valence-corrected chi connectivity index (χ3v) is 4.00. The molecule has 0 spiro atoms. The average molecular weight is 276 g/mol. The Morgan fingerprint density at radius 2 is 2.06 bits per heavy atom. The van der Waals surface area contributed by atoms with Crippen molar-refractivity contribution in [1.29, 1.82) is 0 Å². The molecule has 5 nitrogen and oxygen atoms in total. The number of carbonyl (C=O) groups excluding carboxylic acids is 2. The Hall–Kier alpha value is -0.810. The summed E-state index contributed by atoms with van der Waals surface area (Å²) >= 11 is 0. The highest BCUT2D eigenvalue weighted by Gasteiger charge is 2.40. The lowest BCUT2D eigenvalue weighted by Crippen LogP contribution is -2.40. The average Bonchev–Trinajstić information content (AvgIpc) is 2.71. The predicted molar refractivity (Wildman–Crippen MR) is 71.3 cm³/mol. The minimum Gasteiger partial charge on any atom is -0.347 e. The van der Waals surface area contributed by atoms with Gasteiger partial charge in [-0.15, -0.1) is 12.4 Å². The summed E-state index contributed by atoms with van der Waals surface area (Å²) in [5.41, 5.74) is 6.10. The number of likely N-dealkylation sites (tertiary alicyclic amines) is 1. The third-order valence-electron chi connectivity index (χ3n) is 4.00. The lowest BCUT2D eigenvalue weighted by atomic mass is 9.78. The molecule has 2 fully saturated rings. The van der Waals surface area contributed by atoms with Gasteiger partial charge in [-0.3, -0.25) is 9.59 Å². The first-order valence-electron chi connectivity index (χ1n) is 6.35. The van der Waals surface area contributed by atoms with Crippen molar-refractivity contribution in [3.63, 3.8) is 0 Å². The molecular weight excluding hydrogens is 254 g/mol. The number of halogens is 1. The molecule has 104 valence electrons. The van der Waals surface area contributed by atoms with Crippen molar-refractivity contribution in [2.75, 3.05) is 19.6 Å². The lowest BCUT2D eigenvalue weighted by Gasteiger charge is -2.29. The molecule has 0 aromatic carbocycles. The van der Waals surface area contributed by atoms with Gasteiger partial charge < -0.3 is 16.0 Å². The van der Waals surface area contributed by atoms with E-state index in [0.717, 1.165) is 19.5 Å². The first-order valence-corrected chi connectivity index (χ1v) is 6.35. The van der Waals surface area contributed by atoms with Crippen molar-refractivity contribution in [3.8, 4) is 0 Å². The molecule has 0 aromatic heterocycles. The van der Waals surface area contributed by atoms with E-state index in [1.54, 1.807) is 0 Å². The quantitative estimate of drug-likeness (QED) is 0.752. The Morgan fingerprint density at radius 1 is 1.33 bits per heavy atom. The first kappa shape index (κ1) is 15.2. The molecule has 3 unspecified atom stereocenters. The second kappa shape index (κ2) is 6.38. The molecule has 2 aliphatic rings. The van der Waals surface area contributed by atoms with E-state index in [-0.39, 0.29) is 36.8 Å². The largest absolute Gasteiger partial charge is 0.347 e. The molecule has 3 atom stereocenters. The van der Waals surface area contributed by atoms with Crippen molar-refractivity contribution in [2.45, 2.75) is 32.2 Å². The summed E-state index contributed by atoms with van der Waals surface area (Å²) in [7, 11) is 0. The highest BCUT2D eigenvalue weighted by atomic mass is 35.5. The maximum atomic E-state index is 11.9. The zero-order valence-corrected chi connectivity index (χ0v) is 11.5. The number of rotatable bonds is 2. The molecule has 3 N–H and O–H groups in total. The predicted octanol–water partition coefficient (Wildman–Crippen LogP) is 0.130. The molecule has 2 amide bonds. The van der Waals surface area contributed by atoms with Crippen LogP contribution < -0.4 is 11.1 Å². The minimum atomic E-state index is -0.160. The molecular formula is C12H22ClN3O2. The fourth-order valence-corrected chi connectivity index (χ4v) is 3.03. The van der Waals surface area contributed by atoms with Crippen LogP contribution in [0.3, 0.4) is 0 Å². The summed E-state index contributed by atoms with van der Waals surface area (Å²) < 4.78 is 0. The molecule has 1 heterocycles. The second-order valence-corrected chi connectivity index (χ2v) is 5.23. The van der Waals surface area contributed by atoms with Crippen LogP contribution in [-0.4, -0.2) is 42.4 Å². The van der Waals surface area contributed by atoms with Gasteiger partial charge in [-0.1, -0.05) is 6.42 Å². The summed E-state index contributed by atoms with van der Waals surface area (Å²) in [4.78, 5) is 24.5. The highest BCUT2D eigenvalue weighted by molar-refractivity contribution is 5.85. The summed E-state index contributed by atoms with van der Waals surface area (Å²) in [5.74, 6) is 0.888. The maximum Gasteiger partial charge on any atom is 0.241 e. The third kappa shape index (κ3) is 3.36. The Labute approximate surface area is 114 Å². The highest BCUT2D eigenvalue weighted by Crippen LogP contribution is 2.35. The van der Waals surface area contributed by atoms with Gasteiger partial charge in [0.2, 0.25) is 11.8 Å². The topological polar surface area (TPSA) is 75.4 Å². The number of nitrogens with two attached hydrogens (primary N) is 1. The van der Waals surface area contributed by atoms with Crippen LogP contribution in [0.1, 0.15) is 26.2 Å². The number of hydrogen-bond donors (Lipinski definition) is 2. The van der Waals surface area contributed by atoms with Gasteiger partial charge in [0.1, 0.15) is 0 Å². The first-order chi connectivity index (χ1) is 8.08. The summed E-state index contributed by atoms with van der Waals surface area (Å²) in [5, 5.41) is 2.55. The smallest absolute Gasteiger partial charge is 0.241 e. The van der Waals surface area contributed by atoms with Gasteiger partial charge in [0, 0.05) is 26.1 Å². The molecule has 1 saturated heterocycles. The van der Waals surface area contributed by atoms with Gasteiger partial charge in [0.05, 0.1) is 6.54 Å². The van der Waals surface area contributed by atoms with Gasteiger partial charge in [0.15, 0.2) is 0 Å². The molecule has 1 saturated carbocycles. The molecule has 18 heavy (non-hydrogen) atoms. The van der Waals surface area contributed by atoms with Crippen LogP contribution >= 0.6 is 12.4 Å². The van der Waals surface area contributed by atoms with Gasteiger partial charge in [-0.05, 0) is 24.7 Å². The van der Waals surface area contributed by atoms with Gasteiger partial charge in [-0.2, -0.15) is 0 Å². The normalized spacial score (nSPS) is 30.3. The van der Waals surface area contributed by atoms with E-state index in [2.05, 4.69) is 5.32 Å². The number of nitrogens with zero attached hydrogens (tertiary/aromatic N) is 1. The Kier molecular flexibility index (Phi) is 5.41. The van der Waals surface area contributed by atoms with Gasteiger partial charge >= 0.3 is 0 Å². The SMILES string of the molecule is CC(=O)NCC(=O)N1CC2CCCC(N)C2C1.Cl. The van der Waals surface area contributed by atoms with E-state index in [4.69, 9.17) is 5.73 Å².